The highest BCUT2D eigenvalue weighted by Crippen LogP contribution is 2.36. The Kier molecular flexibility index (Phi) is 7.36. The van der Waals surface area contributed by atoms with Crippen molar-refractivity contribution in [3.63, 3.8) is 0 Å². The van der Waals surface area contributed by atoms with Crippen molar-refractivity contribution in [2.24, 2.45) is 0 Å². The third-order valence-corrected chi connectivity index (χ3v) is 6.61. The SMILES string of the molecule is CSCC[C@@H](C(=O)Nc1cc(C(F)(F)F)ccc1N1CCOCC1)N1C(=O)c2ccccc2C1=O. The van der Waals surface area contributed by atoms with Crippen molar-refractivity contribution in [1.82, 2.24) is 4.90 Å². The first-order chi connectivity index (χ1) is 16.7. The fraction of sp³-hybridized carbons (Fsp3) is 0.375. The predicted octanol–water partition coefficient (Wildman–Crippen LogP) is 3.90. The zero-order valence-electron chi connectivity index (χ0n) is 18.9. The summed E-state index contributed by atoms with van der Waals surface area (Å²) >= 11 is 1.43. The summed E-state index contributed by atoms with van der Waals surface area (Å²) in [5.74, 6) is -1.44. The van der Waals surface area contributed by atoms with Gasteiger partial charge in [-0.1, -0.05) is 12.1 Å². The third kappa shape index (κ3) is 5.15. The van der Waals surface area contributed by atoms with Crippen LogP contribution in [0.15, 0.2) is 42.5 Å². The Balaban J connectivity index is 1.67. The van der Waals surface area contributed by atoms with Crippen LogP contribution in [0.5, 0.6) is 0 Å². The first-order valence-electron chi connectivity index (χ1n) is 11.0. The van der Waals surface area contributed by atoms with Crippen LogP contribution in [-0.2, 0) is 15.7 Å². The van der Waals surface area contributed by atoms with Gasteiger partial charge in [-0.2, -0.15) is 24.9 Å². The number of benzene rings is 2. The number of hydrogen-bond donors (Lipinski definition) is 1. The molecule has 0 aromatic heterocycles. The summed E-state index contributed by atoms with van der Waals surface area (Å²) < 4.78 is 45.7. The summed E-state index contributed by atoms with van der Waals surface area (Å²) in [6.07, 6.45) is -2.63. The Morgan fingerprint density at radius 3 is 2.29 bits per heavy atom. The number of carbonyl (C=O) groups is 3. The van der Waals surface area contributed by atoms with E-state index in [4.69, 9.17) is 4.74 Å². The van der Waals surface area contributed by atoms with Crippen LogP contribution in [0.1, 0.15) is 32.7 Å². The average Bonchev–Trinajstić information content (AvgIpc) is 3.10. The van der Waals surface area contributed by atoms with Gasteiger partial charge in [0.2, 0.25) is 5.91 Å². The van der Waals surface area contributed by atoms with E-state index in [0.29, 0.717) is 37.7 Å². The number of carbonyl (C=O) groups excluding carboxylic acids is 3. The van der Waals surface area contributed by atoms with Crippen LogP contribution in [0, 0.1) is 0 Å². The number of nitrogens with zero attached hydrogens (tertiary/aromatic N) is 2. The van der Waals surface area contributed by atoms with Crippen LogP contribution >= 0.6 is 11.8 Å². The molecule has 0 bridgehead atoms. The standard InChI is InChI=1S/C24H24F3N3O4S/c1-35-13-8-20(30-22(32)16-4-2-3-5-17(16)23(30)33)21(31)28-18-14-15(24(25,26)27)6-7-19(18)29-9-11-34-12-10-29/h2-7,14,20H,8-13H2,1H3,(H,28,31)/t20-/m0/s1. The lowest BCUT2D eigenvalue weighted by molar-refractivity contribution is -0.137. The molecule has 11 heteroatoms. The van der Waals surface area contributed by atoms with Crippen LogP contribution in [0.2, 0.25) is 0 Å². The number of morpholine rings is 1. The molecule has 1 N–H and O–H groups in total. The molecule has 1 fully saturated rings. The number of thioether (sulfide) groups is 1. The quantitative estimate of drug-likeness (QED) is 0.573. The average molecular weight is 508 g/mol. The van der Waals surface area contributed by atoms with Crippen molar-refractivity contribution in [3.05, 3.63) is 59.2 Å². The van der Waals surface area contributed by atoms with Gasteiger partial charge in [0.1, 0.15) is 6.04 Å². The highest BCUT2D eigenvalue weighted by atomic mass is 32.2. The van der Waals surface area contributed by atoms with Gasteiger partial charge < -0.3 is 15.0 Å². The molecule has 2 heterocycles. The normalized spacial score (nSPS) is 16.9. The molecule has 0 spiro atoms. The number of rotatable bonds is 7. The van der Waals surface area contributed by atoms with E-state index in [0.717, 1.165) is 17.0 Å². The molecular formula is C24H24F3N3O4S. The highest BCUT2D eigenvalue weighted by Gasteiger charge is 2.42. The van der Waals surface area contributed by atoms with Crippen molar-refractivity contribution >= 4 is 40.9 Å². The summed E-state index contributed by atoms with van der Waals surface area (Å²) in [7, 11) is 0. The minimum absolute atomic E-state index is 0.0301. The number of fused-ring (bicyclic) bond motifs is 1. The van der Waals surface area contributed by atoms with Gasteiger partial charge in [-0.25, -0.2) is 0 Å². The monoisotopic (exact) mass is 507 g/mol. The van der Waals surface area contributed by atoms with Crippen LogP contribution in [-0.4, -0.2) is 67.0 Å². The lowest BCUT2D eigenvalue weighted by atomic mass is 10.1. The molecule has 4 rings (SSSR count). The molecule has 3 amide bonds. The number of amides is 3. The van der Waals surface area contributed by atoms with E-state index in [-0.39, 0.29) is 23.2 Å². The Bertz CT molecular complexity index is 1100. The number of hydrogen-bond acceptors (Lipinski definition) is 6. The molecule has 1 saturated heterocycles. The molecule has 0 unspecified atom stereocenters. The molecule has 2 aliphatic heterocycles. The van der Waals surface area contributed by atoms with Crippen LogP contribution in [0.25, 0.3) is 0 Å². The van der Waals surface area contributed by atoms with Gasteiger partial charge >= 0.3 is 6.18 Å². The summed E-state index contributed by atoms with van der Waals surface area (Å²) in [6.45, 7) is 1.70. The topological polar surface area (TPSA) is 79.0 Å². The Labute approximate surface area is 204 Å². The molecule has 0 radical (unpaired) electrons. The number of ether oxygens (including phenoxy) is 1. The number of alkyl halides is 3. The van der Waals surface area contributed by atoms with E-state index >= 15 is 0 Å². The highest BCUT2D eigenvalue weighted by molar-refractivity contribution is 7.98. The second kappa shape index (κ2) is 10.3. The fourth-order valence-electron chi connectivity index (χ4n) is 4.21. The number of imide groups is 1. The minimum atomic E-state index is -4.61. The fourth-order valence-corrected chi connectivity index (χ4v) is 4.67. The lowest BCUT2D eigenvalue weighted by Gasteiger charge is -2.32. The van der Waals surface area contributed by atoms with Crippen molar-refractivity contribution in [2.45, 2.75) is 18.6 Å². The second-order valence-corrected chi connectivity index (χ2v) is 9.13. The summed E-state index contributed by atoms with van der Waals surface area (Å²) in [5, 5.41) is 2.60. The van der Waals surface area contributed by atoms with Crippen LogP contribution < -0.4 is 10.2 Å². The zero-order valence-corrected chi connectivity index (χ0v) is 19.7. The summed E-state index contributed by atoms with van der Waals surface area (Å²) in [5.41, 5.74) is -0.121. The van der Waals surface area contributed by atoms with Gasteiger partial charge in [0.15, 0.2) is 0 Å². The summed E-state index contributed by atoms with van der Waals surface area (Å²) in [4.78, 5) is 42.2. The molecule has 186 valence electrons. The molecule has 0 saturated carbocycles. The van der Waals surface area contributed by atoms with E-state index in [1.807, 2.05) is 11.2 Å². The third-order valence-electron chi connectivity index (χ3n) is 5.97. The van der Waals surface area contributed by atoms with Gasteiger partial charge in [0.25, 0.3) is 11.8 Å². The van der Waals surface area contributed by atoms with E-state index in [1.54, 1.807) is 12.1 Å². The first-order valence-corrected chi connectivity index (χ1v) is 12.4. The van der Waals surface area contributed by atoms with Crippen LogP contribution in [0.4, 0.5) is 24.5 Å². The molecule has 35 heavy (non-hydrogen) atoms. The minimum Gasteiger partial charge on any atom is -0.378 e. The van der Waals surface area contributed by atoms with Crippen molar-refractivity contribution in [1.29, 1.82) is 0 Å². The maximum Gasteiger partial charge on any atom is 0.416 e. The van der Waals surface area contributed by atoms with Gasteiger partial charge in [0, 0.05) is 13.1 Å². The molecule has 2 aromatic rings. The molecule has 1 atom stereocenters. The Morgan fingerprint density at radius 1 is 1.09 bits per heavy atom. The van der Waals surface area contributed by atoms with Gasteiger partial charge in [0.05, 0.1) is 41.3 Å². The zero-order chi connectivity index (χ0) is 25.2. The van der Waals surface area contributed by atoms with Gasteiger partial charge in [-0.05, 0) is 48.8 Å². The van der Waals surface area contributed by atoms with Crippen molar-refractivity contribution in [2.75, 3.05) is 48.5 Å². The molecule has 2 aromatic carbocycles. The number of anilines is 2. The van der Waals surface area contributed by atoms with Crippen molar-refractivity contribution in [3.8, 4) is 0 Å². The maximum atomic E-state index is 13.5. The molecular weight excluding hydrogens is 483 g/mol. The first kappa shape index (κ1) is 25.1. The molecule has 2 aliphatic rings. The van der Waals surface area contributed by atoms with Crippen LogP contribution in [0.3, 0.4) is 0 Å². The molecule has 0 aliphatic carbocycles. The maximum absolute atomic E-state index is 13.5. The largest absolute Gasteiger partial charge is 0.416 e. The second-order valence-electron chi connectivity index (χ2n) is 8.14. The van der Waals surface area contributed by atoms with Gasteiger partial charge in [-0.15, -0.1) is 0 Å². The van der Waals surface area contributed by atoms with Crippen molar-refractivity contribution < 1.29 is 32.3 Å². The van der Waals surface area contributed by atoms with E-state index in [9.17, 15) is 27.6 Å². The number of halogens is 3. The van der Waals surface area contributed by atoms with E-state index in [1.165, 1.54) is 30.0 Å². The summed E-state index contributed by atoms with van der Waals surface area (Å²) in [6, 6.07) is 8.28. The van der Waals surface area contributed by atoms with E-state index in [2.05, 4.69) is 5.32 Å². The smallest absolute Gasteiger partial charge is 0.378 e. The van der Waals surface area contributed by atoms with E-state index < -0.39 is 35.5 Å². The Morgan fingerprint density at radius 2 is 1.71 bits per heavy atom. The van der Waals surface area contributed by atoms with Gasteiger partial charge in [-0.3, -0.25) is 19.3 Å². The molecule has 7 nitrogen and oxygen atoms in total. The predicted molar refractivity (Wildman–Crippen MR) is 127 cm³/mol. The number of nitrogens with one attached hydrogen (secondary N) is 1. The Hall–Kier alpha value is -3.05. The lowest BCUT2D eigenvalue weighted by Crippen LogP contribution is -2.47.